The van der Waals surface area contributed by atoms with E-state index in [1.165, 1.54) is 6.08 Å². The van der Waals surface area contributed by atoms with Crippen LogP contribution in [-0.4, -0.2) is 24.9 Å². The lowest BCUT2D eigenvalue weighted by Gasteiger charge is -2.08. The first-order valence-corrected chi connectivity index (χ1v) is 7.99. The molecule has 1 aromatic heterocycles. The largest absolute Gasteiger partial charge is 0.417 e. The van der Waals surface area contributed by atoms with Gasteiger partial charge in [-0.05, 0) is 6.07 Å². The van der Waals surface area contributed by atoms with Crippen molar-refractivity contribution in [1.82, 2.24) is 4.98 Å². The van der Waals surface area contributed by atoms with Crippen molar-refractivity contribution in [3.63, 3.8) is 0 Å². The van der Waals surface area contributed by atoms with Gasteiger partial charge in [-0.3, -0.25) is 0 Å². The summed E-state index contributed by atoms with van der Waals surface area (Å²) in [7, 11) is -3.12. The molecule has 9 heteroatoms. The van der Waals surface area contributed by atoms with Gasteiger partial charge in [0.05, 0.1) is 22.1 Å². The van der Waals surface area contributed by atoms with Gasteiger partial charge in [0.2, 0.25) is 0 Å². The average Bonchev–Trinajstić information content (AvgIpc) is 2.59. The van der Waals surface area contributed by atoms with E-state index < -0.39 is 21.6 Å². The zero-order valence-electron chi connectivity index (χ0n) is 9.24. The van der Waals surface area contributed by atoms with Gasteiger partial charge in [0.25, 0.3) is 0 Å². The van der Waals surface area contributed by atoms with Gasteiger partial charge in [-0.15, -0.1) is 0 Å². The van der Waals surface area contributed by atoms with Crippen LogP contribution in [0.25, 0.3) is 0 Å². The van der Waals surface area contributed by atoms with Gasteiger partial charge in [0.1, 0.15) is 5.03 Å². The van der Waals surface area contributed by atoms with E-state index in [0.29, 0.717) is 11.1 Å². The van der Waals surface area contributed by atoms with E-state index >= 15 is 0 Å². The minimum atomic E-state index is -4.50. The van der Waals surface area contributed by atoms with E-state index in [1.54, 1.807) is 0 Å². The maximum Gasteiger partial charge on any atom is 0.417 e. The van der Waals surface area contributed by atoms with E-state index in [1.807, 2.05) is 0 Å². The molecule has 104 valence electrons. The maximum atomic E-state index is 12.4. The molecule has 0 atom stereocenters. The average molecular weight is 330 g/mol. The van der Waals surface area contributed by atoms with Crippen molar-refractivity contribution in [3.05, 3.63) is 33.8 Å². The summed E-state index contributed by atoms with van der Waals surface area (Å²) in [4.78, 5) is 4.15. The molecule has 0 aromatic carbocycles. The summed E-state index contributed by atoms with van der Waals surface area (Å²) in [5.74, 6) is -0.190. The summed E-state index contributed by atoms with van der Waals surface area (Å²) < 4.78 is 59.7. The van der Waals surface area contributed by atoms with Crippen molar-refractivity contribution in [3.8, 4) is 0 Å². The molecule has 0 saturated carbocycles. The van der Waals surface area contributed by atoms with E-state index in [2.05, 4.69) is 4.98 Å². The molecule has 0 aliphatic carbocycles. The van der Waals surface area contributed by atoms with Crippen molar-refractivity contribution in [2.45, 2.75) is 11.2 Å². The fourth-order valence-electron chi connectivity index (χ4n) is 1.41. The number of alkyl halides is 3. The Morgan fingerprint density at radius 3 is 2.53 bits per heavy atom. The van der Waals surface area contributed by atoms with Crippen molar-refractivity contribution >= 4 is 33.2 Å². The number of sulfone groups is 1. The standard InChI is InChI=1S/C10H7ClF3NO2S2/c11-8-3-6(10(12,13)14)4-15-9(8)18-7-1-2-19(16,17)5-7/h1,3-4H,2,5H2. The Bertz CT molecular complexity index is 641. The van der Waals surface area contributed by atoms with Gasteiger partial charge in [-0.2, -0.15) is 13.2 Å². The molecule has 0 amide bonds. The molecular formula is C10H7ClF3NO2S2. The highest BCUT2D eigenvalue weighted by Gasteiger charge is 2.32. The lowest BCUT2D eigenvalue weighted by Crippen LogP contribution is -2.06. The number of aromatic nitrogens is 1. The maximum absolute atomic E-state index is 12.4. The predicted octanol–water partition coefficient (Wildman–Crippen LogP) is 3.16. The second-order valence-electron chi connectivity index (χ2n) is 3.84. The van der Waals surface area contributed by atoms with Crippen molar-refractivity contribution in [2.24, 2.45) is 0 Å². The molecule has 19 heavy (non-hydrogen) atoms. The summed E-state index contributed by atoms with van der Waals surface area (Å²) in [6, 6.07) is 0.779. The molecule has 0 N–H and O–H groups in total. The molecule has 1 aliphatic heterocycles. The number of hydrogen-bond acceptors (Lipinski definition) is 4. The number of thioether (sulfide) groups is 1. The summed E-state index contributed by atoms with van der Waals surface area (Å²) in [6.07, 6.45) is -2.32. The molecular weight excluding hydrogens is 323 g/mol. The van der Waals surface area contributed by atoms with E-state index in [9.17, 15) is 21.6 Å². The van der Waals surface area contributed by atoms with Crippen LogP contribution in [0, 0.1) is 0 Å². The third kappa shape index (κ3) is 3.64. The third-order valence-electron chi connectivity index (χ3n) is 2.29. The highest BCUT2D eigenvalue weighted by atomic mass is 35.5. The molecule has 2 heterocycles. The molecule has 0 fully saturated rings. The zero-order chi connectivity index (χ0) is 14.3. The van der Waals surface area contributed by atoms with E-state index in [0.717, 1.165) is 17.8 Å². The summed E-state index contributed by atoms with van der Waals surface area (Å²) in [6.45, 7) is 0. The summed E-state index contributed by atoms with van der Waals surface area (Å²) >= 11 is 6.70. The smallest absolute Gasteiger partial charge is 0.247 e. The summed E-state index contributed by atoms with van der Waals surface area (Å²) in [5, 5.41) is 0.0167. The number of rotatable bonds is 2. The lowest BCUT2D eigenvalue weighted by molar-refractivity contribution is -0.137. The fourth-order valence-corrected chi connectivity index (χ4v) is 4.37. The first-order chi connectivity index (χ1) is 8.67. The molecule has 0 bridgehead atoms. The lowest BCUT2D eigenvalue weighted by atomic mass is 10.3. The Labute approximate surface area is 116 Å². The molecule has 1 aliphatic rings. The minimum absolute atomic E-state index is 0.0619. The fraction of sp³-hybridized carbons (Fsp3) is 0.300. The first kappa shape index (κ1) is 14.7. The molecule has 1 aromatic rings. The Kier molecular flexibility index (Phi) is 3.85. The number of halogens is 4. The molecule has 0 radical (unpaired) electrons. The highest BCUT2D eigenvalue weighted by molar-refractivity contribution is 8.05. The molecule has 3 nitrogen and oxygen atoms in total. The van der Waals surface area contributed by atoms with E-state index in [4.69, 9.17) is 11.6 Å². The Hall–Kier alpha value is -0.730. The highest BCUT2D eigenvalue weighted by Crippen LogP contribution is 2.37. The number of nitrogens with zero attached hydrogens (tertiary/aromatic N) is 1. The van der Waals surface area contributed by atoms with Crippen molar-refractivity contribution in [1.29, 1.82) is 0 Å². The minimum Gasteiger partial charge on any atom is -0.247 e. The second-order valence-corrected chi connectivity index (χ2v) is 7.47. The van der Waals surface area contributed by atoms with Crippen LogP contribution in [0.15, 0.2) is 28.3 Å². The molecule has 0 saturated heterocycles. The van der Waals surface area contributed by atoms with Crippen LogP contribution in [0.4, 0.5) is 13.2 Å². The van der Waals surface area contributed by atoms with E-state index in [-0.39, 0.29) is 21.6 Å². The Morgan fingerprint density at radius 2 is 2.05 bits per heavy atom. The van der Waals surface area contributed by atoms with Crippen LogP contribution < -0.4 is 0 Å². The van der Waals surface area contributed by atoms with Gasteiger partial charge in [-0.1, -0.05) is 29.4 Å². The van der Waals surface area contributed by atoms with Crippen LogP contribution in [0.5, 0.6) is 0 Å². The monoisotopic (exact) mass is 329 g/mol. The van der Waals surface area contributed by atoms with Gasteiger partial charge in [0, 0.05) is 11.1 Å². The molecule has 2 rings (SSSR count). The molecule has 0 spiro atoms. The topological polar surface area (TPSA) is 47.0 Å². The zero-order valence-corrected chi connectivity index (χ0v) is 11.6. The number of pyridine rings is 1. The van der Waals surface area contributed by atoms with Crippen LogP contribution >= 0.6 is 23.4 Å². The van der Waals surface area contributed by atoms with Crippen molar-refractivity contribution in [2.75, 3.05) is 11.5 Å². The quantitative estimate of drug-likeness (QED) is 0.836. The Balaban J connectivity index is 2.19. The predicted molar refractivity (Wildman–Crippen MR) is 66.8 cm³/mol. The van der Waals surface area contributed by atoms with Crippen molar-refractivity contribution < 1.29 is 21.6 Å². The van der Waals surface area contributed by atoms with Crippen LogP contribution in [0.3, 0.4) is 0 Å². The van der Waals surface area contributed by atoms with Crippen LogP contribution in [0.2, 0.25) is 5.02 Å². The first-order valence-electron chi connectivity index (χ1n) is 4.97. The molecule has 0 unspecified atom stereocenters. The third-order valence-corrected chi connectivity index (χ3v) is 5.39. The number of hydrogen-bond donors (Lipinski definition) is 0. The van der Waals surface area contributed by atoms with Gasteiger partial charge < -0.3 is 0 Å². The normalized spacial score (nSPS) is 18.4. The van der Waals surface area contributed by atoms with Crippen LogP contribution in [-0.2, 0) is 16.0 Å². The van der Waals surface area contributed by atoms with Gasteiger partial charge >= 0.3 is 6.18 Å². The SMILES string of the molecule is O=S1(=O)CC=C(Sc2ncc(C(F)(F)F)cc2Cl)C1. The van der Waals surface area contributed by atoms with Gasteiger partial charge in [0.15, 0.2) is 9.84 Å². The Morgan fingerprint density at radius 1 is 1.37 bits per heavy atom. The van der Waals surface area contributed by atoms with Gasteiger partial charge in [-0.25, -0.2) is 13.4 Å². The summed E-state index contributed by atoms with van der Waals surface area (Å²) in [5.41, 5.74) is -0.935. The van der Waals surface area contributed by atoms with Crippen LogP contribution in [0.1, 0.15) is 5.56 Å². The second kappa shape index (κ2) is 4.99.